The molecule has 6 fully saturated rings. The molecule has 1 amide bonds. The molecule has 4 saturated heterocycles. The molecule has 1 aromatic carbocycles. The number of nitrogens with zero attached hydrogens (tertiary/aromatic N) is 6. The zero-order valence-corrected chi connectivity index (χ0v) is 40.4. The summed E-state index contributed by atoms with van der Waals surface area (Å²) in [4.78, 5) is 41.9. The number of anilines is 1. The first-order valence-electron chi connectivity index (χ1n) is 24.8. The van der Waals surface area contributed by atoms with Crippen LogP contribution in [0.2, 0.25) is 0 Å². The van der Waals surface area contributed by atoms with E-state index in [0.717, 1.165) is 62.3 Å². The van der Waals surface area contributed by atoms with Crippen molar-refractivity contribution in [3.63, 3.8) is 0 Å². The molecule has 366 valence electrons. The molecule has 11 rings (SSSR count). The summed E-state index contributed by atoms with van der Waals surface area (Å²) in [6, 6.07) is 14.6. The molecule has 7 heterocycles. The Kier molecular flexibility index (Phi) is 12.6. The number of sulfonamides is 1. The Morgan fingerprint density at radius 2 is 1.80 bits per heavy atom. The summed E-state index contributed by atoms with van der Waals surface area (Å²) in [7, 11) is -6.80. The number of H-pyrrole nitrogens is 1. The fraction of sp³-hybridized carbons (Fsp3) is 0.540. The van der Waals surface area contributed by atoms with Gasteiger partial charge in [-0.15, -0.1) is 0 Å². The third kappa shape index (κ3) is 9.81. The Balaban J connectivity index is 0.741. The Labute approximate surface area is 403 Å². The van der Waals surface area contributed by atoms with Gasteiger partial charge in [-0.1, -0.05) is 30.3 Å². The summed E-state index contributed by atoms with van der Waals surface area (Å²) in [5.74, 6) is 1.52. The minimum Gasteiger partial charge on any atom is -0.455 e. The zero-order valence-electron chi connectivity index (χ0n) is 38.8. The summed E-state index contributed by atoms with van der Waals surface area (Å²) < 4.78 is 59.6. The number of ether oxygens (including phenoxy) is 2. The van der Waals surface area contributed by atoms with Gasteiger partial charge < -0.3 is 19.8 Å². The van der Waals surface area contributed by atoms with Crippen LogP contribution in [0.1, 0.15) is 107 Å². The van der Waals surface area contributed by atoms with E-state index in [-0.39, 0.29) is 41.9 Å². The SMILES string of the molecule is O=C(NS(=O)(=O)c1cnc(NC[C@@H]2CC[C@@H](N=S3(=O)CCCC3)CO2)c([N+](=O)[O-])c1)C1=CCC(N2CCC3(CC2)CC(N2CCC[C@H]2c2ccccc2C2CC2)C3)C=C1Oc1cnc2[nH]ccc2c1. The summed E-state index contributed by atoms with van der Waals surface area (Å²) >= 11 is 0. The molecule has 4 aliphatic heterocycles. The Bertz CT molecular complexity index is 2910. The lowest BCUT2D eigenvalue weighted by molar-refractivity contribution is -0.384. The molecular formula is C50H61N9O8S2. The first-order chi connectivity index (χ1) is 33.4. The number of amides is 1. The van der Waals surface area contributed by atoms with Crippen LogP contribution >= 0.6 is 0 Å². The lowest BCUT2D eigenvalue weighted by Gasteiger charge is -2.56. The van der Waals surface area contributed by atoms with Crippen LogP contribution < -0.4 is 14.8 Å². The fourth-order valence-electron chi connectivity index (χ4n) is 11.8. The largest absolute Gasteiger partial charge is 0.455 e. The van der Waals surface area contributed by atoms with Crippen molar-refractivity contribution in [1.82, 2.24) is 29.5 Å². The van der Waals surface area contributed by atoms with E-state index in [1.807, 2.05) is 12.1 Å². The normalized spacial score (nSPS) is 26.3. The van der Waals surface area contributed by atoms with Gasteiger partial charge in [0.05, 0.1) is 41.6 Å². The van der Waals surface area contributed by atoms with Crippen molar-refractivity contribution in [1.29, 1.82) is 0 Å². The number of carbonyl (C=O) groups excluding carboxylic acids is 1. The van der Waals surface area contributed by atoms with Crippen molar-refractivity contribution in [2.24, 2.45) is 9.78 Å². The second-order valence-corrected chi connectivity index (χ2v) is 24.6. The van der Waals surface area contributed by atoms with Gasteiger partial charge >= 0.3 is 5.69 Å². The molecular weight excluding hydrogens is 919 g/mol. The molecule has 3 aromatic heterocycles. The highest BCUT2D eigenvalue weighted by Gasteiger charge is 2.50. The summed E-state index contributed by atoms with van der Waals surface area (Å²) in [5.41, 5.74) is 3.60. The summed E-state index contributed by atoms with van der Waals surface area (Å²) in [6.45, 7) is 3.47. The predicted octanol–water partition coefficient (Wildman–Crippen LogP) is 7.51. The van der Waals surface area contributed by atoms with Crippen LogP contribution in [0, 0.1) is 15.5 Å². The van der Waals surface area contributed by atoms with E-state index in [9.17, 15) is 27.5 Å². The maximum Gasteiger partial charge on any atom is 0.312 e. The van der Waals surface area contributed by atoms with Gasteiger partial charge in [0, 0.05) is 63.6 Å². The molecule has 4 atom stereocenters. The third-order valence-corrected chi connectivity index (χ3v) is 19.6. The van der Waals surface area contributed by atoms with Crippen molar-refractivity contribution in [2.45, 2.75) is 125 Å². The second-order valence-electron chi connectivity index (χ2n) is 20.3. The number of carbonyl (C=O) groups is 1. The third-order valence-electron chi connectivity index (χ3n) is 15.8. The number of aromatic nitrogens is 3. The van der Waals surface area contributed by atoms with E-state index >= 15 is 0 Å². The van der Waals surface area contributed by atoms with Crippen LogP contribution in [-0.2, 0) is 29.3 Å². The van der Waals surface area contributed by atoms with E-state index in [4.69, 9.17) is 9.47 Å². The van der Waals surface area contributed by atoms with Crippen LogP contribution in [0.5, 0.6) is 5.75 Å². The number of pyridine rings is 2. The van der Waals surface area contributed by atoms with Crippen molar-refractivity contribution in [2.75, 3.05) is 49.6 Å². The Morgan fingerprint density at radius 3 is 2.55 bits per heavy atom. The number of hydrogen-bond donors (Lipinski definition) is 3. The smallest absolute Gasteiger partial charge is 0.312 e. The highest BCUT2D eigenvalue weighted by Crippen LogP contribution is 2.55. The molecule has 4 aromatic rings. The van der Waals surface area contributed by atoms with Crippen LogP contribution in [-0.4, -0.2) is 117 Å². The Hall–Kier alpha value is -5.21. The topological polar surface area (TPSA) is 214 Å². The zero-order chi connectivity index (χ0) is 47.3. The average Bonchev–Trinajstić information content (AvgIpc) is 3.64. The van der Waals surface area contributed by atoms with Gasteiger partial charge in [-0.2, -0.15) is 0 Å². The summed E-state index contributed by atoms with van der Waals surface area (Å²) in [6.07, 6.45) is 21.0. The molecule has 3 aliphatic carbocycles. The molecule has 7 aliphatic rings. The van der Waals surface area contributed by atoms with Gasteiger partial charge in [0.1, 0.15) is 22.1 Å². The molecule has 17 nitrogen and oxygen atoms in total. The first-order valence-corrected chi connectivity index (χ1v) is 28.1. The minimum absolute atomic E-state index is 0.0288. The van der Waals surface area contributed by atoms with Crippen molar-refractivity contribution < 1.29 is 31.8 Å². The van der Waals surface area contributed by atoms with Gasteiger partial charge in [-0.25, -0.2) is 31.7 Å². The molecule has 0 radical (unpaired) electrons. The Morgan fingerprint density at radius 1 is 1.00 bits per heavy atom. The molecule has 19 heteroatoms. The van der Waals surface area contributed by atoms with Gasteiger partial charge in [-0.3, -0.25) is 24.7 Å². The van der Waals surface area contributed by atoms with Crippen LogP contribution in [0.25, 0.3) is 11.0 Å². The number of benzene rings is 1. The average molecular weight is 980 g/mol. The maximum atomic E-state index is 14.1. The maximum absolute atomic E-state index is 14.1. The number of nitro groups is 1. The monoisotopic (exact) mass is 979 g/mol. The summed E-state index contributed by atoms with van der Waals surface area (Å²) in [5, 5.41) is 16.0. The standard InChI is InChI=1S/C50H61N9O8S2/c60-49(56-69(64,65)40-26-45(59(61)62)48(54-31-40)53-29-38-13-11-35(32-66-38)55-68(63)22-3-4-23-68)43-14-12-36(25-46(43)67-39-24-34-15-18-51-47(34)52-30-39)57-20-16-50(17-21-57)27-37(28-50)58-19-5-8-44(58)42-7-2-1-6-41(42)33-9-10-33/h1-2,6-7,14-15,18,24-26,30-31,33,35-38,44H,3-5,8-13,16-17,19-23,27-29,32H2,(H,51,52)(H,53,54)(H,56,60)/t35-,36?,38+,44+/m1/s1. The second kappa shape index (κ2) is 18.8. The number of aromatic amines is 1. The van der Waals surface area contributed by atoms with Crippen LogP contribution in [0.4, 0.5) is 11.5 Å². The van der Waals surface area contributed by atoms with E-state index < -0.39 is 41.2 Å². The van der Waals surface area contributed by atoms with Crippen LogP contribution in [0.3, 0.4) is 0 Å². The number of rotatable bonds is 14. The molecule has 2 saturated carbocycles. The van der Waals surface area contributed by atoms with E-state index in [1.54, 1.807) is 35.7 Å². The van der Waals surface area contributed by atoms with E-state index in [0.29, 0.717) is 66.3 Å². The minimum atomic E-state index is -4.64. The molecule has 0 bridgehead atoms. The quantitative estimate of drug-likeness (QED) is 0.0825. The van der Waals surface area contributed by atoms with E-state index in [2.05, 4.69) is 63.4 Å². The lowest BCUT2D eigenvalue weighted by Crippen LogP contribution is -2.56. The number of hydrogen-bond acceptors (Lipinski definition) is 14. The van der Waals surface area contributed by atoms with Gasteiger partial charge in [0.2, 0.25) is 5.82 Å². The highest BCUT2D eigenvalue weighted by molar-refractivity contribution is 7.93. The van der Waals surface area contributed by atoms with Gasteiger partial charge in [0.25, 0.3) is 15.9 Å². The fourth-order valence-corrected chi connectivity index (χ4v) is 15.2. The van der Waals surface area contributed by atoms with E-state index in [1.165, 1.54) is 45.1 Å². The number of nitrogens with one attached hydrogen (secondary N) is 3. The van der Waals surface area contributed by atoms with Gasteiger partial charge in [0.15, 0.2) is 0 Å². The highest BCUT2D eigenvalue weighted by atomic mass is 32.2. The van der Waals surface area contributed by atoms with Gasteiger partial charge in [-0.05, 0) is 144 Å². The number of piperidine rings is 1. The molecule has 1 unspecified atom stereocenters. The molecule has 3 N–H and O–H groups in total. The first kappa shape index (κ1) is 46.2. The van der Waals surface area contributed by atoms with Crippen LogP contribution in [0.15, 0.2) is 93.8 Å². The van der Waals surface area contributed by atoms with Crippen molar-refractivity contribution in [3.8, 4) is 5.75 Å². The van der Waals surface area contributed by atoms with Crippen molar-refractivity contribution in [3.05, 3.63) is 106 Å². The number of likely N-dealkylation sites (tertiary alicyclic amines) is 2. The lowest BCUT2D eigenvalue weighted by atomic mass is 9.59. The predicted molar refractivity (Wildman–Crippen MR) is 262 cm³/mol. The number of fused-ring (bicyclic) bond motifs is 1. The molecule has 1 spiro atoms. The molecule has 69 heavy (non-hydrogen) atoms. The van der Waals surface area contributed by atoms with Crippen molar-refractivity contribution >= 4 is 48.2 Å².